The summed E-state index contributed by atoms with van der Waals surface area (Å²) in [7, 11) is 2.02. The van der Waals surface area contributed by atoms with Crippen LogP contribution in [-0.4, -0.2) is 23.1 Å². The molecule has 2 aromatic rings. The number of rotatable bonds is 2. The van der Waals surface area contributed by atoms with Crippen LogP contribution in [-0.2, 0) is 12.5 Å². The van der Waals surface area contributed by atoms with E-state index in [-0.39, 0.29) is 5.41 Å². The van der Waals surface area contributed by atoms with Crippen LogP contribution in [0.2, 0.25) is 0 Å². The standard InChI is InChI=1S/C18H27N5/c1-13-8-7-9-15(14(13)2)23-12-22(11-19-23)17-10-16(18(3,4)5)20-21(17)6/h7-10,19H,11-12H2,1-6H3. The largest absolute Gasteiger partial charge is 0.323 e. The second-order valence-corrected chi connectivity index (χ2v) is 7.41. The van der Waals surface area contributed by atoms with Crippen molar-refractivity contribution in [2.75, 3.05) is 23.2 Å². The Labute approximate surface area is 138 Å². The third-order valence-electron chi connectivity index (χ3n) is 4.58. The number of nitrogens with zero attached hydrogens (tertiary/aromatic N) is 4. The van der Waals surface area contributed by atoms with E-state index in [1.807, 2.05) is 11.7 Å². The molecule has 1 aliphatic heterocycles. The first-order valence-electron chi connectivity index (χ1n) is 8.14. The molecule has 0 spiro atoms. The summed E-state index contributed by atoms with van der Waals surface area (Å²) in [6.45, 7) is 12.5. The Morgan fingerprint density at radius 3 is 2.57 bits per heavy atom. The lowest BCUT2D eigenvalue weighted by molar-refractivity contribution is 0.553. The van der Waals surface area contributed by atoms with E-state index in [2.05, 4.69) is 79.3 Å². The molecule has 1 aliphatic rings. The van der Waals surface area contributed by atoms with Crippen molar-refractivity contribution >= 4 is 11.5 Å². The topological polar surface area (TPSA) is 36.3 Å². The van der Waals surface area contributed by atoms with Crippen LogP contribution in [0.25, 0.3) is 0 Å². The zero-order valence-electron chi connectivity index (χ0n) is 15.0. The highest BCUT2D eigenvalue weighted by Gasteiger charge is 2.26. The van der Waals surface area contributed by atoms with Gasteiger partial charge in [0.25, 0.3) is 0 Å². The summed E-state index contributed by atoms with van der Waals surface area (Å²) in [5.41, 5.74) is 8.55. The number of hydrogen-bond donors (Lipinski definition) is 1. The van der Waals surface area contributed by atoms with Crippen molar-refractivity contribution in [1.82, 2.24) is 15.2 Å². The van der Waals surface area contributed by atoms with E-state index in [4.69, 9.17) is 0 Å². The molecule has 1 N–H and O–H groups in total. The third-order valence-corrected chi connectivity index (χ3v) is 4.58. The fourth-order valence-electron chi connectivity index (χ4n) is 2.90. The van der Waals surface area contributed by atoms with Crippen LogP contribution >= 0.6 is 0 Å². The molecule has 0 unspecified atom stereocenters. The van der Waals surface area contributed by atoms with Gasteiger partial charge in [0.15, 0.2) is 0 Å². The lowest BCUT2D eigenvalue weighted by Crippen LogP contribution is -2.31. The minimum absolute atomic E-state index is 0.0655. The minimum Gasteiger partial charge on any atom is -0.323 e. The molecule has 0 aliphatic carbocycles. The Bertz CT molecular complexity index is 711. The summed E-state index contributed by atoms with van der Waals surface area (Å²) in [5, 5.41) is 6.90. The molecule has 1 saturated heterocycles. The predicted octanol–water partition coefficient (Wildman–Crippen LogP) is 3.08. The third kappa shape index (κ3) is 2.93. The van der Waals surface area contributed by atoms with Gasteiger partial charge < -0.3 is 4.90 Å². The van der Waals surface area contributed by atoms with Crippen molar-refractivity contribution in [3.8, 4) is 0 Å². The summed E-state index contributed by atoms with van der Waals surface area (Å²) in [6.07, 6.45) is 0. The predicted molar refractivity (Wildman–Crippen MR) is 95.7 cm³/mol. The van der Waals surface area contributed by atoms with E-state index < -0.39 is 0 Å². The first-order chi connectivity index (χ1) is 10.8. The van der Waals surface area contributed by atoms with Gasteiger partial charge in [0.1, 0.15) is 12.5 Å². The molecule has 1 fully saturated rings. The molecule has 0 atom stereocenters. The van der Waals surface area contributed by atoms with Gasteiger partial charge in [-0.1, -0.05) is 32.9 Å². The van der Waals surface area contributed by atoms with Crippen molar-refractivity contribution in [1.29, 1.82) is 0 Å². The van der Waals surface area contributed by atoms with Crippen LogP contribution in [0.4, 0.5) is 11.5 Å². The molecule has 1 aromatic carbocycles. The summed E-state index contributed by atoms with van der Waals surface area (Å²) in [5.74, 6) is 1.15. The molecule has 0 amide bonds. The molecule has 124 valence electrons. The Kier molecular flexibility index (Phi) is 3.84. The Morgan fingerprint density at radius 1 is 1.17 bits per heavy atom. The quantitative estimate of drug-likeness (QED) is 0.924. The van der Waals surface area contributed by atoms with E-state index in [9.17, 15) is 0 Å². The van der Waals surface area contributed by atoms with Gasteiger partial charge in [-0.05, 0) is 31.0 Å². The highest BCUT2D eigenvalue weighted by Crippen LogP contribution is 2.28. The van der Waals surface area contributed by atoms with Crippen LogP contribution < -0.4 is 15.3 Å². The van der Waals surface area contributed by atoms with Crippen LogP contribution in [0, 0.1) is 13.8 Å². The number of hydrazine groups is 1. The van der Waals surface area contributed by atoms with Gasteiger partial charge in [-0.25, -0.2) is 5.43 Å². The van der Waals surface area contributed by atoms with Gasteiger partial charge in [0, 0.05) is 18.5 Å². The van der Waals surface area contributed by atoms with E-state index in [1.54, 1.807) is 0 Å². The Morgan fingerprint density at radius 2 is 1.91 bits per heavy atom. The SMILES string of the molecule is Cc1cccc(N2CN(c3cc(C(C)(C)C)nn3C)CN2)c1C. The summed E-state index contributed by atoms with van der Waals surface area (Å²) >= 11 is 0. The summed E-state index contributed by atoms with van der Waals surface area (Å²) < 4.78 is 1.98. The smallest absolute Gasteiger partial charge is 0.129 e. The number of hydrogen-bond acceptors (Lipinski definition) is 4. The van der Waals surface area contributed by atoms with E-state index in [1.165, 1.54) is 16.8 Å². The van der Waals surface area contributed by atoms with Crippen molar-refractivity contribution in [2.45, 2.75) is 40.0 Å². The fraction of sp³-hybridized carbons (Fsp3) is 0.500. The monoisotopic (exact) mass is 313 g/mol. The van der Waals surface area contributed by atoms with Gasteiger partial charge in [0.05, 0.1) is 18.1 Å². The molecule has 0 radical (unpaired) electrons. The van der Waals surface area contributed by atoms with Gasteiger partial charge in [-0.3, -0.25) is 9.69 Å². The zero-order valence-corrected chi connectivity index (χ0v) is 15.0. The summed E-state index contributed by atoms with van der Waals surface area (Å²) in [4.78, 5) is 2.31. The normalized spacial score (nSPS) is 15.6. The molecule has 5 heteroatoms. The van der Waals surface area contributed by atoms with Gasteiger partial charge in [0.2, 0.25) is 0 Å². The lowest BCUT2D eigenvalue weighted by Gasteiger charge is -2.22. The first kappa shape index (κ1) is 15.9. The van der Waals surface area contributed by atoms with Crippen molar-refractivity contribution in [2.24, 2.45) is 7.05 Å². The number of aryl methyl sites for hydroxylation is 2. The van der Waals surface area contributed by atoms with Crippen molar-refractivity contribution in [3.05, 3.63) is 41.1 Å². The number of aromatic nitrogens is 2. The molecular weight excluding hydrogens is 286 g/mol. The van der Waals surface area contributed by atoms with Crippen LogP contribution in [0.1, 0.15) is 37.6 Å². The number of anilines is 2. The van der Waals surface area contributed by atoms with E-state index in [0.29, 0.717) is 0 Å². The van der Waals surface area contributed by atoms with Gasteiger partial charge in [-0.2, -0.15) is 5.10 Å². The second kappa shape index (κ2) is 5.57. The average molecular weight is 313 g/mol. The lowest BCUT2D eigenvalue weighted by atomic mass is 9.92. The Balaban J connectivity index is 1.83. The van der Waals surface area contributed by atoms with Gasteiger partial charge >= 0.3 is 0 Å². The van der Waals surface area contributed by atoms with Crippen LogP contribution in [0.15, 0.2) is 24.3 Å². The van der Waals surface area contributed by atoms with Crippen LogP contribution in [0.3, 0.4) is 0 Å². The molecule has 23 heavy (non-hydrogen) atoms. The second-order valence-electron chi connectivity index (χ2n) is 7.41. The molecule has 3 rings (SSSR count). The number of benzene rings is 1. The zero-order chi connectivity index (χ0) is 16.8. The molecule has 2 heterocycles. The molecular formula is C18H27N5. The maximum atomic E-state index is 4.68. The highest BCUT2D eigenvalue weighted by atomic mass is 15.7. The maximum absolute atomic E-state index is 4.68. The molecule has 0 bridgehead atoms. The van der Waals surface area contributed by atoms with E-state index >= 15 is 0 Å². The number of nitrogens with one attached hydrogen (secondary N) is 1. The average Bonchev–Trinajstić information content (AvgIpc) is 3.07. The minimum atomic E-state index is 0.0655. The Hall–Kier alpha value is -2.01. The first-order valence-corrected chi connectivity index (χ1v) is 8.14. The van der Waals surface area contributed by atoms with E-state index in [0.717, 1.165) is 24.8 Å². The maximum Gasteiger partial charge on any atom is 0.129 e. The van der Waals surface area contributed by atoms with Gasteiger partial charge in [-0.15, -0.1) is 0 Å². The summed E-state index contributed by atoms with van der Waals surface area (Å²) in [6, 6.07) is 8.64. The van der Waals surface area contributed by atoms with Crippen molar-refractivity contribution < 1.29 is 0 Å². The fourth-order valence-corrected chi connectivity index (χ4v) is 2.90. The molecule has 5 nitrogen and oxygen atoms in total. The molecule has 0 saturated carbocycles. The highest BCUT2D eigenvalue weighted by molar-refractivity contribution is 5.58. The van der Waals surface area contributed by atoms with Crippen molar-refractivity contribution in [3.63, 3.8) is 0 Å². The van der Waals surface area contributed by atoms with Crippen LogP contribution in [0.5, 0.6) is 0 Å². The molecule has 1 aromatic heterocycles.